The van der Waals surface area contributed by atoms with Gasteiger partial charge in [0.25, 0.3) is 0 Å². The molecule has 0 fully saturated rings. The predicted octanol–water partition coefficient (Wildman–Crippen LogP) is 4.12. The highest BCUT2D eigenvalue weighted by molar-refractivity contribution is 14.0. The van der Waals surface area contributed by atoms with Crippen molar-refractivity contribution in [2.75, 3.05) is 13.7 Å². The maximum Gasteiger partial charge on any atom is 0.191 e. The summed E-state index contributed by atoms with van der Waals surface area (Å²) in [5.41, 5.74) is 4.75. The third-order valence-corrected chi connectivity index (χ3v) is 4.60. The summed E-state index contributed by atoms with van der Waals surface area (Å²) in [5.74, 6) is 1.68. The molecule has 6 nitrogen and oxygen atoms in total. The van der Waals surface area contributed by atoms with E-state index in [1.54, 1.807) is 13.2 Å². The standard InChI is InChI=1S/C23H29N5O.HI/c1-4-29-22-13-18(2)5-10-21(22)15-27-23(24-3)26-14-19-6-8-20(9-7-19)16-28-12-11-25-17-28;/h5-13,17H,4,14-16H2,1-3H3,(H2,24,26,27);1H. The Morgan fingerprint density at radius 1 is 1.07 bits per heavy atom. The second-order valence-corrected chi connectivity index (χ2v) is 6.88. The third-order valence-electron chi connectivity index (χ3n) is 4.60. The van der Waals surface area contributed by atoms with Gasteiger partial charge in [0.05, 0.1) is 12.9 Å². The fourth-order valence-electron chi connectivity index (χ4n) is 3.04. The van der Waals surface area contributed by atoms with Crippen molar-refractivity contribution in [2.45, 2.75) is 33.5 Å². The number of hydrogen-bond acceptors (Lipinski definition) is 3. The smallest absolute Gasteiger partial charge is 0.191 e. The molecule has 0 spiro atoms. The van der Waals surface area contributed by atoms with E-state index >= 15 is 0 Å². The van der Waals surface area contributed by atoms with Gasteiger partial charge in [-0.3, -0.25) is 4.99 Å². The summed E-state index contributed by atoms with van der Waals surface area (Å²) in [6.45, 7) is 6.91. The molecule has 0 saturated heterocycles. The number of hydrogen-bond donors (Lipinski definition) is 2. The number of nitrogens with zero attached hydrogens (tertiary/aromatic N) is 3. The van der Waals surface area contributed by atoms with Gasteiger partial charge in [0, 0.05) is 44.6 Å². The van der Waals surface area contributed by atoms with Gasteiger partial charge in [0.2, 0.25) is 0 Å². The number of guanidine groups is 1. The lowest BCUT2D eigenvalue weighted by Gasteiger charge is -2.15. The highest BCUT2D eigenvalue weighted by Crippen LogP contribution is 2.20. The van der Waals surface area contributed by atoms with E-state index in [9.17, 15) is 0 Å². The summed E-state index contributed by atoms with van der Waals surface area (Å²) in [6.07, 6.45) is 5.59. The van der Waals surface area contributed by atoms with Crippen molar-refractivity contribution < 1.29 is 4.74 Å². The monoisotopic (exact) mass is 519 g/mol. The molecule has 0 aliphatic rings. The molecule has 0 unspecified atom stereocenters. The number of imidazole rings is 1. The van der Waals surface area contributed by atoms with E-state index in [1.807, 2.05) is 19.4 Å². The first-order valence-corrected chi connectivity index (χ1v) is 9.88. The molecule has 0 aliphatic carbocycles. The molecule has 160 valence electrons. The summed E-state index contributed by atoms with van der Waals surface area (Å²) in [6, 6.07) is 14.8. The van der Waals surface area contributed by atoms with E-state index < -0.39 is 0 Å². The van der Waals surface area contributed by atoms with Gasteiger partial charge in [-0.05, 0) is 36.6 Å². The molecular weight excluding hydrogens is 489 g/mol. The van der Waals surface area contributed by atoms with Crippen molar-refractivity contribution in [3.63, 3.8) is 0 Å². The number of halogens is 1. The summed E-state index contributed by atoms with van der Waals surface area (Å²) >= 11 is 0. The quantitative estimate of drug-likeness (QED) is 0.267. The van der Waals surface area contributed by atoms with E-state index in [0.717, 1.165) is 23.8 Å². The molecule has 0 bridgehead atoms. The zero-order valence-corrected chi connectivity index (χ0v) is 20.1. The van der Waals surface area contributed by atoms with Gasteiger partial charge in [0.15, 0.2) is 5.96 Å². The van der Waals surface area contributed by atoms with E-state index in [1.165, 1.54) is 16.7 Å². The second kappa shape index (κ2) is 12.2. The summed E-state index contributed by atoms with van der Waals surface area (Å²) in [5, 5.41) is 6.73. The van der Waals surface area contributed by atoms with E-state index in [-0.39, 0.29) is 24.0 Å². The zero-order valence-electron chi connectivity index (χ0n) is 17.8. The van der Waals surface area contributed by atoms with Gasteiger partial charge in [0.1, 0.15) is 5.75 Å². The first kappa shape index (κ1) is 23.7. The minimum absolute atomic E-state index is 0. The Bertz CT molecular complexity index is 923. The maximum atomic E-state index is 5.76. The Hall–Kier alpha value is -2.55. The van der Waals surface area contributed by atoms with Crippen molar-refractivity contribution in [1.82, 2.24) is 20.2 Å². The maximum absolute atomic E-state index is 5.76. The van der Waals surface area contributed by atoms with Crippen LogP contribution in [0.3, 0.4) is 0 Å². The molecule has 1 heterocycles. The van der Waals surface area contributed by atoms with Crippen molar-refractivity contribution in [2.24, 2.45) is 4.99 Å². The van der Waals surface area contributed by atoms with E-state index in [2.05, 4.69) is 74.6 Å². The van der Waals surface area contributed by atoms with E-state index in [0.29, 0.717) is 19.7 Å². The number of benzene rings is 2. The van der Waals surface area contributed by atoms with Crippen LogP contribution in [0.25, 0.3) is 0 Å². The number of rotatable bonds is 8. The Kier molecular flexibility index (Phi) is 9.66. The number of aromatic nitrogens is 2. The van der Waals surface area contributed by atoms with Crippen LogP contribution in [0, 0.1) is 6.92 Å². The first-order valence-electron chi connectivity index (χ1n) is 9.88. The molecule has 0 saturated carbocycles. The normalized spacial score (nSPS) is 11.0. The summed E-state index contributed by atoms with van der Waals surface area (Å²) in [4.78, 5) is 8.40. The minimum atomic E-state index is 0. The number of nitrogens with one attached hydrogen (secondary N) is 2. The SMILES string of the molecule is CCOc1cc(C)ccc1CNC(=NC)NCc1ccc(Cn2ccnc2)cc1.I. The van der Waals surface area contributed by atoms with Crippen LogP contribution in [-0.4, -0.2) is 29.2 Å². The molecule has 0 atom stereocenters. The van der Waals surface area contributed by atoms with Gasteiger partial charge >= 0.3 is 0 Å². The van der Waals surface area contributed by atoms with Gasteiger partial charge in [-0.15, -0.1) is 24.0 Å². The first-order chi connectivity index (χ1) is 14.2. The van der Waals surface area contributed by atoms with Crippen LogP contribution in [0.1, 0.15) is 29.2 Å². The van der Waals surface area contributed by atoms with Crippen molar-refractivity contribution >= 4 is 29.9 Å². The lowest BCUT2D eigenvalue weighted by Crippen LogP contribution is -2.36. The number of aryl methyl sites for hydroxylation is 1. The molecule has 3 aromatic rings. The highest BCUT2D eigenvalue weighted by atomic mass is 127. The second-order valence-electron chi connectivity index (χ2n) is 6.88. The van der Waals surface area contributed by atoms with Crippen LogP contribution < -0.4 is 15.4 Å². The topological polar surface area (TPSA) is 63.5 Å². The summed E-state index contributed by atoms with van der Waals surface area (Å²) in [7, 11) is 1.78. The largest absolute Gasteiger partial charge is 0.494 e. The van der Waals surface area contributed by atoms with Gasteiger partial charge in [-0.1, -0.05) is 36.4 Å². The molecule has 7 heteroatoms. The molecule has 3 rings (SSSR count). The number of ether oxygens (including phenoxy) is 1. The average molecular weight is 519 g/mol. The molecule has 1 aromatic heterocycles. The zero-order chi connectivity index (χ0) is 20.5. The van der Waals surface area contributed by atoms with Crippen molar-refractivity contribution in [3.05, 3.63) is 83.4 Å². The molecule has 0 aliphatic heterocycles. The van der Waals surface area contributed by atoms with Crippen molar-refractivity contribution in [1.29, 1.82) is 0 Å². The van der Waals surface area contributed by atoms with Gasteiger partial charge in [-0.25, -0.2) is 4.98 Å². The predicted molar refractivity (Wildman–Crippen MR) is 133 cm³/mol. The lowest BCUT2D eigenvalue weighted by molar-refractivity contribution is 0.336. The van der Waals surface area contributed by atoms with Crippen LogP contribution >= 0.6 is 24.0 Å². The van der Waals surface area contributed by atoms with Crippen LogP contribution in [-0.2, 0) is 19.6 Å². The Labute approximate surface area is 195 Å². The molecule has 30 heavy (non-hydrogen) atoms. The molecular formula is C23H30IN5O. The average Bonchev–Trinajstić information content (AvgIpc) is 3.24. The van der Waals surface area contributed by atoms with Crippen LogP contribution in [0.2, 0.25) is 0 Å². The van der Waals surface area contributed by atoms with Crippen molar-refractivity contribution in [3.8, 4) is 5.75 Å². The Morgan fingerprint density at radius 2 is 1.80 bits per heavy atom. The molecule has 2 aromatic carbocycles. The van der Waals surface area contributed by atoms with Crippen LogP contribution in [0.15, 0.2) is 66.2 Å². The Morgan fingerprint density at radius 3 is 2.47 bits per heavy atom. The molecule has 2 N–H and O–H groups in total. The minimum Gasteiger partial charge on any atom is -0.494 e. The fraction of sp³-hybridized carbons (Fsp3) is 0.304. The highest BCUT2D eigenvalue weighted by Gasteiger charge is 2.06. The van der Waals surface area contributed by atoms with Crippen LogP contribution in [0.5, 0.6) is 5.75 Å². The molecule has 0 amide bonds. The van der Waals surface area contributed by atoms with Gasteiger partial charge < -0.3 is 19.9 Å². The molecule has 0 radical (unpaired) electrons. The van der Waals surface area contributed by atoms with Crippen LogP contribution in [0.4, 0.5) is 0 Å². The van der Waals surface area contributed by atoms with E-state index in [4.69, 9.17) is 4.74 Å². The third kappa shape index (κ3) is 7.05. The van der Waals surface area contributed by atoms with Gasteiger partial charge in [-0.2, -0.15) is 0 Å². The lowest BCUT2D eigenvalue weighted by atomic mass is 10.1. The fourth-order valence-corrected chi connectivity index (χ4v) is 3.04. The summed E-state index contributed by atoms with van der Waals surface area (Å²) < 4.78 is 7.81. The Balaban J connectivity index is 0.00000320. The number of aliphatic imine (C=N–C) groups is 1.